The van der Waals surface area contributed by atoms with Gasteiger partial charge in [-0.05, 0) is 22.9 Å². The monoisotopic (exact) mass is 366 g/mol. The lowest BCUT2D eigenvalue weighted by atomic mass is 10.1. The number of thioether (sulfide) groups is 2. The molecule has 3 rings (SSSR count). The molecule has 0 radical (unpaired) electrons. The van der Waals surface area contributed by atoms with Crippen LogP contribution in [0, 0.1) is 5.92 Å². The Morgan fingerprint density at radius 1 is 1.23 bits per heavy atom. The zero-order chi connectivity index (χ0) is 15.6. The normalized spacial score (nSPS) is 17.4. The highest BCUT2D eigenvalue weighted by Crippen LogP contribution is 2.59. The highest BCUT2D eigenvalue weighted by molar-refractivity contribution is 8.23. The molecule has 1 aliphatic heterocycles. The number of carbonyl (C=O) groups is 1. The number of para-hydroxylation sites is 1. The third kappa shape index (κ3) is 2.85. The number of carbonyl (C=O) groups excluding carboxylic acids is 1. The van der Waals surface area contributed by atoms with Gasteiger partial charge in [0.1, 0.15) is 10.8 Å². The van der Waals surface area contributed by atoms with Gasteiger partial charge in [-0.25, -0.2) is 0 Å². The summed E-state index contributed by atoms with van der Waals surface area (Å²) in [6.45, 7) is 2.04. The Morgan fingerprint density at radius 3 is 2.50 bits per heavy atom. The Bertz CT molecular complexity index is 661. The first-order valence-corrected chi connectivity index (χ1v) is 10.4. The quantitative estimate of drug-likeness (QED) is 0.667. The summed E-state index contributed by atoms with van der Waals surface area (Å²) in [6.07, 6.45) is 0. The van der Waals surface area contributed by atoms with Crippen LogP contribution >= 0.6 is 46.2 Å². The first kappa shape index (κ1) is 16.1. The predicted octanol–water partition coefficient (Wildman–Crippen LogP) is 5.49. The van der Waals surface area contributed by atoms with Crippen LogP contribution in [0.2, 0.25) is 0 Å². The molecule has 2 aromatic rings. The minimum Gasteiger partial charge on any atom is -0.315 e. The lowest BCUT2D eigenvalue weighted by Crippen LogP contribution is -2.39. The molecule has 0 saturated heterocycles. The van der Waals surface area contributed by atoms with E-state index in [0.717, 1.165) is 5.69 Å². The van der Waals surface area contributed by atoms with E-state index < -0.39 is 0 Å². The SMILES string of the molecule is CC(C(=O)N(C)c1ccccc1)C1(c2scc[s+]2)SC=CS1. The van der Waals surface area contributed by atoms with E-state index in [9.17, 15) is 4.79 Å². The van der Waals surface area contributed by atoms with E-state index in [4.69, 9.17) is 0 Å². The number of rotatable bonds is 4. The smallest absolute Gasteiger partial charge is 0.281 e. The van der Waals surface area contributed by atoms with Gasteiger partial charge in [-0.3, -0.25) is 4.79 Å². The fourth-order valence-corrected chi connectivity index (χ4v) is 7.66. The van der Waals surface area contributed by atoms with Gasteiger partial charge < -0.3 is 4.90 Å². The van der Waals surface area contributed by atoms with Crippen LogP contribution in [0.4, 0.5) is 5.69 Å². The maximum atomic E-state index is 13.0. The molecular weight excluding hydrogens is 350 g/mol. The average Bonchev–Trinajstić information content (AvgIpc) is 3.25. The van der Waals surface area contributed by atoms with E-state index in [1.807, 2.05) is 44.3 Å². The van der Waals surface area contributed by atoms with Crippen molar-refractivity contribution in [1.82, 2.24) is 0 Å². The largest absolute Gasteiger partial charge is 0.315 e. The van der Waals surface area contributed by atoms with E-state index in [1.165, 1.54) is 4.19 Å². The van der Waals surface area contributed by atoms with E-state index in [0.29, 0.717) is 0 Å². The van der Waals surface area contributed by atoms with Crippen molar-refractivity contribution in [2.45, 2.75) is 11.0 Å². The van der Waals surface area contributed by atoms with Gasteiger partial charge in [-0.15, -0.1) is 23.5 Å². The summed E-state index contributed by atoms with van der Waals surface area (Å²) >= 11 is 6.98. The Hall–Kier alpha value is -0.820. The molecule has 0 aliphatic carbocycles. The fraction of sp³-hybridized carbons (Fsp3) is 0.250. The molecule has 1 unspecified atom stereocenters. The zero-order valence-corrected chi connectivity index (χ0v) is 15.5. The highest BCUT2D eigenvalue weighted by atomic mass is 32.2. The molecule has 1 aliphatic rings. The topological polar surface area (TPSA) is 20.3 Å². The van der Waals surface area contributed by atoms with Crippen LogP contribution < -0.4 is 4.90 Å². The van der Waals surface area contributed by atoms with Gasteiger partial charge in [-0.2, -0.15) is 0 Å². The number of hydrogen-bond donors (Lipinski definition) is 0. The maximum Gasteiger partial charge on any atom is 0.281 e. The molecule has 0 saturated carbocycles. The summed E-state index contributed by atoms with van der Waals surface area (Å²) in [6, 6.07) is 9.83. The molecule has 2 nitrogen and oxygen atoms in total. The van der Waals surface area contributed by atoms with Crippen molar-refractivity contribution >= 4 is 57.8 Å². The minimum atomic E-state index is -0.223. The van der Waals surface area contributed by atoms with Crippen LogP contribution in [0.5, 0.6) is 0 Å². The van der Waals surface area contributed by atoms with Crippen LogP contribution in [-0.2, 0) is 8.87 Å². The van der Waals surface area contributed by atoms with Crippen LogP contribution in [0.3, 0.4) is 0 Å². The summed E-state index contributed by atoms with van der Waals surface area (Å²) in [5, 5.41) is 8.39. The fourth-order valence-electron chi connectivity index (χ4n) is 2.37. The Morgan fingerprint density at radius 2 is 1.91 bits per heavy atom. The van der Waals surface area contributed by atoms with Crippen molar-refractivity contribution in [1.29, 1.82) is 0 Å². The van der Waals surface area contributed by atoms with Crippen molar-refractivity contribution in [2.24, 2.45) is 5.92 Å². The summed E-state index contributed by atoms with van der Waals surface area (Å²) in [5.74, 6) is 0.0353. The Balaban J connectivity index is 1.88. The second-order valence-corrected chi connectivity index (χ2v) is 9.58. The summed E-state index contributed by atoms with van der Waals surface area (Å²) in [4.78, 5) is 14.8. The van der Waals surface area contributed by atoms with Gasteiger partial charge in [0.15, 0.2) is 4.08 Å². The maximum absolute atomic E-state index is 13.0. The third-order valence-electron chi connectivity index (χ3n) is 3.65. The second kappa shape index (κ2) is 6.74. The van der Waals surface area contributed by atoms with Crippen molar-refractivity contribution in [3.8, 4) is 0 Å². The number of anilines is 1. The van der Waals surface area contributed by atoms with Crippen LogP contribution in [0.25, 0.3) is 0 Å². The molecule has 1 aromatic carbocycles. The van der Waals surface area contributed by atoms with Gasteiger partial charge in [-0.1, -0.05) is 25.1 Å². The summed E-state index contributed by atoms with van der Waals surface area (Å²) < 4.78 is 1.06. The van der Waals surface area contributed by atoms with Crippen LogP contribution in [0.1, 0.15) is 11.1 Å². The van der Waals surface area contributed by atoms with Gasteiger partial charge in [0.2, 0.25) is 5.91 Å². The molecule has 1 atom stereocenters. The standard InChI is InChI=1S/C16H16NOS4/c1-12(14(18)17(2)13-6-4-3-5-7-13)16(21-10-11-22-16)15-19-8-9-20-15/h3-12H,1-2H3/q+1. The van der Waals surface area contributed by atoms with Gasteiger partial charge >= 0.3 is 0 Å². The zero-order valence-electron chi connectivity index (χ0n) is 12.3. The lowest BCUT2D eigenvalue weighted by molar-refractivity contribution is -0.121. The van der Waals surface area contributed by atoms with Gasteiger partial charge in [0.25, 0.3) is 4.19 Å². The van der Waals surface area contributed by atoms with E-state index in [-0.39, 0.29) is 15.9 Å². The minimum absolute atomic E-state index is 0.113. The van der Waals surface area contributed by atoms with Crippen molar-refractivity contribution < 1.29 is 4.79 Å². The molecule has 1 aromatic heterocycles. The predicted molar refractivity (Wildman–Crippen MR) is 102 cm³/mol. The van der Waals surface area contributed by atoms with Crippen molar-refractivity contribution in [3.63, 3.8) is 0 Å². The van der Waals surface area contributed by atoms with Crippen LogP contribution in [0.15, 0.2) is 51.9 Å². The number of hydrogen-bond acceptors (Lipinski definition) is 4. The average molecular weight is 367 g/mol. The molecule has 1 amide bonds. The molecule has 22 heavy (non-hydrogen) atoms. The van der Waals surface area contributed by atoms with Gasteiger partial charge in [0.05, 0.1) is 28.6 Å². The molecular formula is C16H16NOS4+. The second-order valence-electron chi connectivity index (χ2n) is 4.93. The molecule has 114 valence electrons. The first-order valence-electron chi connectivity index (χ1n) is 6.84. The molecule has 0 fully saturated rings. The number of benzene rings is 1. The molecule has 6 heteroatoms. The number of amides is 1. The Labute approximate surface area is 147 Å². The van der Waals surface area contributed by atoms with E-state index in [1.54, 1.807) is 51.1 Å². The van der Waals surface area contributed by atoms with Gasteiger partial charge in [0, 0.05) is 12.7 Å². The van der Waals surface area contributed by atoms with Crippen molar-refractivity contribution in [3.05, 3.63) is 56.1 Å². The highest BCUT2D eigenvalue weighted by Gasteiger charge is 2.51. The van der Waals surface area contributed by atoms with E-state index >= 15 is 0 Å². The van der Waals surface area contributed by atoms with Crippen molar-refractivity contribution in [2.75, 3.05) is 11.9 Å². The Kier molecular flexibility index (Phi) is 4.92. The molecule has 0 spiro atoms. The number of nitrogens with zero attached hydrogens (tertiary/aromatic N) is 1. The lowest BCUT2D eigenvalue weighted by Gasteiger charge is -2.30. The molecule has 0 bridgehead atoms. The molecule has 0 N–H and O–H groups in total. The summed E-state index contributed by atoms with van der Waals surface area (Å²) in [5.41, 5.74) is 0.935. The first-order chi connectivity index (χ1) is 10.6. The summed E-state index contributed by atoms with van der Waals surface area (Å²) in [7, 11) is 1.86. The van der Waals surface area contributed by atoms with E-state index in [2.05, 4.69) is 21.6 Å². The van der Waals surface area contributed by atoms with Crippen LogP contribution in [-0.4, -0.2) is 13.0 Å². The third-order valence-corrected chi connectivity index (χ3v) is 9.64. The molecule has 2 heterocycles.